The van der Waals surface area contributed by atoms with Crippen LogP contribution < -0.4 is 5.32 Å². The molecule has 2 aromatic carbocycles. The maximum atomic E-state index is 12.6. The molecule has 1 amide bonds. The number of nitrogens with zero attached hydrogens (tertiary/aromatic N) is 2. The van der Waals surface area contributed by atoms with Crippen molar-refractivity contribution in [3.05, 3.63) is 60.2 Å². The van der Waals surface area contributed by atoms with Crippen LogP contribution >= 0.6 is 0 Å². The van der Waals surface area contributed by atoms with Gasteiger partial charge in [0.2, 0.25) is 0 Å². The lowest BCUT2D eigenvalue weighted by Crippen LogP contribution is -2.28. The summed E-state index contributed by atoms with van der Waals surface area (Å²) in [6, 6.07) is 17.5. The van der Waals surface area contributed by atoms with Gasteiger partial charge in [0.15, 0.2) is 5.66 Å². The first-order valence-electron chi connectivity index (χ1n) is 8.04. The Morgan fingerprint density at radius 2 is 1.75 bits per heavy atom. The zero-order chi connectivity index (χ0) is 16.8. The molecule has 0 aliphatic carbocycles. The lowest BCUT2D eigenvalue weighted by molar-refractivity contribution is 0.0952. The summed E-state index contributed by atoms with van der Waals surface area (Å²) in [5.41, 5.74) is 2.27. The molecule has 2 aromatic rings. The Labute approximate surface area is 142 Å². The van der Waals surface area contributed by atoms with Crippen LogP contribution in [0, 0.1) is 12.3 Å². The van der Waals surface area contributed by atoms with E-state index >= 15 is 0 Å². The highest BCUT2D eigenvalue weighted by molar-refractivity contribution is 6.00. The molecule has 0 aromatic heterocycles. The van der Waals surface area contributed by atoms with E-state index < -0.39 is 0 Å². The third kappa shape index (κ3) is 3.69. The third-order valence-corrected chi connectivity index (χ3v) is 4.12. The molecule has 24 heavy (non-hydrogen) atoms. The first kappa shape index (κ1) is 15.9. The first-order valence-corrected chi connectivity index (χ1v) is 8.04. The maximum absolute atomic E-state index is 12.6. The van der Waals surface area contributed by atoms with Gasteiger partial charge in [0.25, 0.3) is 5.91 Å². The van der Waals surface area contributed by atoms with E-state index in [-0.39, 0.29) is 11.6 Å². The van der Waals surface area contributed by atoms with Gasteiger partial charge in [-0.3, -0.25) is 4.79 Å². The molecule has 0 radical (unpaired) electrons. The molecule has 120 valence electrons. The molecule has 0 unspecified atom stereocenters. The Kier molecular flexibility index (Phi) is 4.72. The number of amides is 1. The number of rotatable bonds is 7. The van der Waals surface area contributed by atoms with Crippen molar-refractivity contribution in [3.63, 3.8) is 0 Å². The quantitative estimate of drug-likeness (QED) is 0.770. The van der Waals surface area contributed by atoms with Crippen molar-refractivity contribution < 1.29 is 4.79 Å². The molecule has 4 heteroatoms. The normalized spacial score (nSPS) is 14.0. The van der Waals surface area contributed by atoms with E-state index in [1.54, 1.807) is 0 Å². The number of hydrogen-bond donors (Lipinski definition) is 1. The first-order chi connectivity index (χ1) is 11.7. The van der Waals surface area contributed by atoms with Gasteiger partial charge in [0.1, 0.15) is 0 Å². The molecule has 0 fully saturated rings. The van der Waals surface area contributed by atoms with E-state index in [0.29, 0.717) is 24.9 Å². The Hall–Kier alpha value is -2.93. The van der Waals surface area contributed by atoms with Crippen LogP contribution in [0.2, 0.25) is 0 Å². The fourth-order valence-electron chi connectivity index (χ4n) is 2.69. The summed E-state index contributed by atoms with van der Waals surface area (Å²) < 4.78 is 0. The standard InChI is InChI=1S/C20H19N3O/c1-2-3-13-20(22-23-20)14-15-21-19(24)18-12-8-7-11-17(18)16-9-5-4-6-10-16/h1,4-12H,3,13-15H2,(H,21,24). The second-order valence-corrected chi connectivity index (χ2v) is 5.80. The van der Waals surface area contributed by atoms with Crippen molar-refractivity contribution in [1.82, 2.24) is 5.32 Å². The smallest absolute Gasteiger partial charge is 0.251 e. The van der Waals surface area contributed by atoms with Gasteiger partial charge in [0, 0.05) is 31.4 Å². The van der Waals surface area contributed by atoms with E-state index in [9.17, 15) is 4.79 Å². The number of carbonyl (C=O) groups is 1. The number of hydrogen-bond acceptors (Lipinski definition) is 3. The second-order valence-electron chi connectivity index (χ2n) is 5.80. The fraction of sp³-hybridized carbons (Fsp3) is 0.250. The second kappa shape index (κ2) is 7.10. The van der Waals surface area contributed by atoms with E-state index in [1.807, 2.05) is 54.6 Å². The molecular weight excluding hydrogens is 298 g/mol. The van der Waals surface area contributed by atoms with Crippen molar-refractivity contribution in [1.29, 1.82) is 0 Å². The van der Waals surface area contributed by atoms with Crippen molar-refractivity contribution in [2.75, 3.05) is 6.54 Å². The van der Waals surface area contributed by atoms with Gasteiger partial charge in [-0.05, 0) is 17.2 Å². The predicted molar refractivity (Wildman–Crippen MR) is 94.5 cm³/mol. The van der Waals surface area contributed by atoms with Crippen LogP contribution in [0.25, 0.3) is 11.1 Å². The van der Waals surface area contributed by atoms with Crippen LogP contribution in [0.15, 0.2) is 64.8 Å². The summed E-state index contributed by atoms with van der Waals surface area (Å²) in [6.45, 7) is 0.527. The van der Waals surface area contributed by atoms with Crippen molar-refractivity contribution >= 4 is 5.91 Å². The third-order valence-electron chi connectivity index (χ3n) is 4.12. The van der Waals surface area contributed by atoms with Gasteiger partial charge in [-0.1, -0.05) is 48.5 Å². The molecule has 0 saturated carbocycles. The molecule has 1 heterocycles. The molecule has 0 spiro atoms. The molecule has 1 aliphatic rings. The molecule has 0 bridgehead atoms. The van der Waals surface area contributed by atoms with Crippen LogP contribution in [0.1, 0.15) is 29.6 Å². The highest BCUT2D eigenvalue weighted by Gasteiger charge is 2.38. The Morgan fingerprint density at radius 1 is 1.04 bits per heavy atom. The molecule has 0 saturated heterocycles. The monoisotopic (exact) mass is 317 g/mol. The molecule has 0 atom stereocenters. The fourth-order valence-corrected chi connectivity index (χ4v) is 2.69. The van der Waals surface area contributed by atoms with Crippen LogP contribution in [0.5, 0.6) is 0 Å². The summed E-state index contributed by atoms with van der Waals surface area (Å²) >= 11 is 0. The minimum Gasteiger partial charge on any atom is -0.352 e. The average molecular weight is 317 g/mol. The number of terminal acetylenes is 1. The number of benzene rings is 2. The summed E-state index contributed by atoms with van der Waals surface area (Å²) in [6.07, 6.45) is 7.37. The average Bonchev–Trinajstić information content (AvgIpc) is 3.41. The zero-order valence-electron chi connectivity index (χ0n) is 13.4. The summed E-state index contributed by atoms with van der Waals surface area (Å²) in [7, 11) is 0. The zero-order valence-corrected chi connectivity index (χ0v) is 13.4. The Morgan fingerprint density at radius 3 is 2.46 bits per heavy atom. The van der Waals surface area contributed by atoms with Crippen molar-refractivity contribution in [3.8, 4) is 23.5 Å². The topological polar surface area (TPSA) is 53.8 Å². The van der Waals surface area contributed by atoms with Crippen LogP contribution in [0.4, 0.5) is 0 Å². The van der Waals surface area contributed by atoms with Gasteiger partial charge in [0.05, 0.1) is 0 Å². The highest BCUT2D eigenvalue weighted by atomic mass is 16.1. The van der Waals surface area contributed by atoms with E-state index in [4.69, 9.17) is 6.42 Å². The molecule has 3 rings (SSSR count). The Balaban J connectivity index is 1.63. The molecule has 1 N–H and O–H groups in total. The minimum absolute atomic E-state index is 0.0813. The van der Waals surface area contributed by atoms with Crippen LogP contribution in [-0.4, -0.2) is 18.1 Å². The largest absolute Gasteiger partial charge is 0.352 e. The van der Waals surface area contributed by atoms with E-state index in [1.165, 1.54) is 0 Å². The summed E-state index contributed by atoms with van der Waals surface area (Å²) in [5.74, 6) is 2.53. The Bertz CT molecular complexity index is 784. The van der Waals surface area contributed by atoms with Crippen LogP contribution in [0.3, 0.4) is 0 Å². The SMILES string of the molecule is C#CCCC1(CCNC(=O)c2ccccc2-c2ccccc2)N=N1. The van der Waals surface area contributed by atoms with Crippen LogP contribution in [-0.2, 0) is 0 Å². The van der Waals surface area contributed by atoms with Crippen molar-refractivity contribution in [2.24, 2.45) is 10.2 Å². The van der Waals surface area contributed by atoms with E-state index in [0.717, 1.165) is 17.5 Å². The minimum atomic E-state index is -0.363. The van der Waals surface area contributed by atoms with Crippen molar-refractivity contribution in [2.45, 2.75) is 24.9 Å². The molecule has 4 nitrogen and oxygen atoms in total. The van der Waals surface area contributed by atoms with Gasteiger partial charge in [-0.15, -0.1) is 12.3 Å². The molecule has 1 aliphatic heterocycles. The lowest BCUT2D eigenvalue weighted by Gasteiger charge is -2.12. The van der Waals surface area contributed by atoms with E-state index in [2.05, 4.69) is 21.5 Å². The van der Waals surface area contributed by atoms with Gasteiger partial charge < -0.3 is 5.32 Å². The lowest BCUT2D eigenvalue weighted by atomic mass is 9.99. The maximum Gasteiger partial charge on any atom is 0.251 e. The summed E-state index contributed by atoms with van der Waals surface area (Å²) in [5, 5.41) is 11.1. The van der Waals surface area contributed by atoms with Gasteiger partial charge in [-0.2, -0.15) is 10.2 Å². The summed E-state index contributed by atoms with van der Waals surface area (Å²) in [4.78, 5) is 12.6. The number of carbonyl (C=O) groups excluding carboxylic acids is 1. The van der Waals surface area contributed by atoms with Gasteiger partial charge >= 0.3 is 0 Å². The predicted octanol–water partition coefficient (Wildman–Crippen LogP) is 4.05. The molecular formula is C20H19N3O. The highest BCUT2D eigenvalue weighted by Crippen LogP contribution is 2.36. The number of nitrogens with one attached hydrogen (secondary N) is 1. The van der Waals surface area contributed by atoms with Gasteiger partial charge in [-0.25, -0.2) is 0 Å².